The third kappa shape index (κ3) is 4.72. The second kappa shape index (κ2) is 8.06. The molecule has 2 aromatic carbocycles. The lowest BCUT2D eigenvalue weighted by Crippen LogP contribution is -2.13. The molecule has 3 rings (SSSR count). The van der Waals surface area contributed by atoms with Crippen molar-refractivity contribution in [2.24, 2.45) is 0 Å². The number of carbonyl (C=O) groups is 1. The maximum absolute atomic E-state index is 12.8. The number of anilines is 2. The molecule has 3 aromatic rings. The number of hydrogen-bond acceptors (Lipinski definition) is 6. The third-order valence-corrected chi connectivity index (χ3v) is 6.05. The van der Waals surface area contributed by atoms with Crippen LogP contribution in [0.1, 0.15) is 18.4 Å². The minimum atomic E-state index is -3.89. The standard InChI is InChI=1S/C18H14ClN3O4S2/c19-12-5-7-14(11(9-12)3-1-2-4-17(23)24)22-28(25,26)13-6-8-15-16(10-13)27-18(20)21-15/h5-10,22H,2,4H2,(H2,20,21)(H,23,24). The Bertz CT molecular complexity index is 1230. The lowest BCUT2D eigenvalue weighted by molar-refractivity contribution is -0.136. The van der Waals surface area contributed by atoms with Gasteiger partial charge in [0.05, 0.1) is 32.8 Å². The lowest BCUT2D eigenvalue weighted by atomic mass is 10.2. The summed E-state index contributed by atoms with van der Waals surface area (Å²) in [5.41, 5.74) is 6.88. The maximum atomic E-state index is 12.8. The summed E-state index contributed by atoms with van der Waals surface area (Å²) in [6, 6.07) is 9.09. The summed E-state index contributed by atoms with van der Waals surface area (Å²) in [4.78, 5) is 14.7. The Morgan fingerprint density at radius 2 is 2.07 bits per heavy atom. The predicted molar refractivity (Wildman–Crippen MR) is 110 cm³/mol. The van der Waals surface area contributed by atoms with Gasteiger partial charge in [0.25, 0.3) is 10.0 Å². The number of aliphatic carboxylic acids is 1. The van der Waals surface area contributed by atoms with Crippen molar-refractivity contribution in [2.45, 2.75) is 17.7 Å². The Kier molecular flexibility index (Phi) is 5.74. The normalized spacial score (nSPS) is 11.0. The van der Waals surface area contributed by atoms with Gasteiger partial charge in [-0.25, -0.2) is 13.4 Å². The Morgan fingerprint density at radius 1 is 1.29 bits per heavy atom. The van der Waals surface area contributed by atoms with Gasteiger partial charge >= 0.3 is 5.97 Å². The SMILES string of the molecule is Nc1nc2ccc(S(=O)(=O)Nc3ccc(Cl)cc3C#CCCC(=O)O)cc2s1. The first-order chi connectivity index (χ1) is 13.2. The maximum Gasteiger partial charge on any atom is 0.304 e. The van der Waals surface area contributed by atoms with E-state index in [0.717, 1.165) is 0 Å². The fourth-order valence-electron chi connectivity index (χ4n) is 2.33. The van der Waals surface area contributed by atoms with Crippen molar-refractivity contribution in [1.82, 2.24) is 4.98 Å². The largest absolute Gasteiger partial charge is 0.481 e. The molecule has 1 aromatic heterocycles. The second-order valence-electron chi connectivity index (χ2n) is 5.67. The number of sulfonamides is 1. The number of nitrogens with one attached hydrogen (secondary N) is 1. The van der Waals surface area contributed by atoms with E-state index in [4.69, 9.17) is 22.4 Å². The van der Waals surface area contributed by atoms with Crippen molar-refractivity contribution in [3.8, 4) is 11.8 Å². The Labute approximate surface area is 170 Å². The number of fused-ring (bicyclic) bond motifs is 1. The van der Waals surface area contributed by atoms with E-state index in [1.807, 2.05) is 0 Å². The van der Waals surface area contributed by atoms with E-state index in [-0.39, 0.29) is 23.4 Å². The van der Waals surface area contributed by atoms with Crippen LogP contribution >= 0.6 is 22.9 Å². The van der Waals surface area contributed by atoms with Gasteiger partial charge in [0.1, 0.15) is 0 Å². The first kappa shape index (κ1) is 19.9. The fraction of sp³-hybridized carbons (Fsp3) is 0.111. The van der Waals surface area contributed by atoms with Gasteiger partial charge in [-0.05, 0) is 36.4 Å². The summed E-state index contributed by atoms with van der Waals surface area (Å²) in [5, 5.41) is 9.41. The molecule has 0 aliphatic carbocycles. The number of carboxylic acids is 1. The zero-order valence-corrected chi connectivity index (χ0v) is 16.7. The number of nitrogens with zero attached hydrogens (tertiary/aromatic N) is 1. The Balaban J connectivity index is 1.91. The number of carboxylic acid groups (broad SMARTS) is 1. The molecular formula is C18H14ClN3O4S2. The van der Waals surface area contributed by atoms with Crippen LogP contribution in [0.2, 0.25) is 5.02 Å². The van der Waals surface area contributed by atoms with Gasteiger partial charge in [-0.15, -0.1) is 0 Å². The summed E-state index contributed by atoms with van der Waals surface area (Å²) in [7, 11) is -3.89. The number of aromatic nitrogens is 1. The van der Waals surface area contributed by atoms with Crippen LogP contribution in [0, 0.1) is 11.8 Å². The first-order valence-corrected chi connectivity index (χ1v) is 10.6. The molecule has 0 saturated heterocycles. The minimum Gasteiger partial charge on any atom is -0.481 e. The van der Waals surface area contributed by atoms with E-state index >= 15 is 0 Å². The van der Waals surface area contributed by atoms with Gasteiger partial charge in [-0.1, -0.05) is 34.8 Å². The summed E-state index contributed by atoms with van der Waals surface area (Å²) in [6.07, 6.45) is 0.0319. The van der Waals surface area contributed by atoms with Crippen LogP contribution in [-0.2, 0) is 14.8 Å². The third-order valence-electron chi connectivity index (χ3n) is 3.60. The van der Waals surface area contributed by atoms with Crippen molar-refractivity contribution in [2.75, 3.05) is 10.5 Å². The van der Waals surface area contributed by atoms with Gasteiger partial charge in [0.15, 0.2) is 5.13 Å². The molecule has 0 aliphatic heterocycles. The zero-order valence-electron chi connectivity index (χ0n) is 14.3. The van der Waals surface area contributed by atoms with Crippen LogP contribution in [0.15, 0.2) is 41.3 Å². The second-order valence-corrected chi connectivity index (χ2v) is 8.85. The molecule has 0 aliphatic rings. The molecule has 0 fully saturated rings. The van der Waals surface area contributed by atoms with Crippen LogP contribution < -0.4 is 10.5 Å². The Hall–Kier alpha value is -2.80. The molecule has 0 amide bonds. The average Bonchev–Trinajstić information content (AvgIpc) is 2.99. The topological polar surface area (TPSA) is 122 Å². The number of benzene rings is 2. The van der Waals surface area contributed by atoms with Crippen LogP contribution in [0.3, 0.4) is 0 Å². The van der Waals surface area contributed by atoms with Crippen LogP contribution in [0.25, 0.3) is 10.2 Å². The number of hydrogen-bond donors (Lipinski definition) is 3. The Morgan fingerprint density at radius 3 is 2.82 bits per heavy atom. The van der Waals surface area contributed by atoms with Crippen LogP contribution in [0.4, 0.5) is 10.8 Å². The molecule has 0 saturated carbocycles. The molecule has 28 heavy (non-hydrogen) atoms. The molecule has 0 unspecified atom stereocenters. The van der Waals surface area contributed by atoms with E-state index in [9.17, 15) is 13.2 Å². The van der Waals surface area contributed by atoms with E-state index in [0.29, 0.717) is 25.9 Å². The van der Waals surface area contributed by atoms with Crippen molar-refractivity contribution in [3.63, 3.8) is 0 Å². The summed E-state index contributed by atoms with van der Waals surface area (Å²) < 4.78 is 28.7. The molecule has 144 valence electrons. The summed E-state index contributed by atoms with van der Waals surface area (Å²) in [5.74, 6) is 4.52. The zero-order chi connectivity index (χ0) is 20.3. The highest BCUT2D eigenvalue weighted by Gasteiger charge is 2.17. The monoisotopic (exact) mass is 435 g/mol. The van der Waals surface area contributed by atoms with Crippen molar-refractivity contribution in [3.05, 3.63) is 47.0 Å². The highest BCUT2D eigenvalue weighted by Crippen LogP contribution is 2.28. The van der Waals surface area contributed by atoms with Crippen molar-refractivity contribution >= 4 is 60.0 Å². The van der Waals surface area contributed by atoms with Crippen molar-refractivity contribution < 1.29 is 18.3 Å². The molecule has 7 nitrogen and oxygen atoms in total. The van der Waals surface area contributed by atoms with Gasteiger partial charge < -0.3 is 10.8 Å². The molecule has 0 spiro atoms. The number of halogens is 1. The molecule has 0 atom stereocenters. The highest BCUT2D eigenvalue weighted by molar-refractivity contribution is 7.92. The van der Waals surface area contributed by atoms with E-state index in [2.05, 4.69) is 21.5 Å². The number of nitrogens with two attached hydrogens (primary N) is 1. The van der Waals surface area contributed by atoms with Crippen LogP contribution in [-0.4, -0.2) is 24.5 Å². The van der Waals surface area contributed by atoms with Crippen LogP contribution in [0.5, 0.6) is 0 Å². The van der Waals surface area contributed by atoms with E-state index in [1.165, 1.54) is 41.7 Å². The molecule has 10 heteroatoms. The average molecular weight is 436 g/mol. The minimum absolute atomic E-state index is 0.0587. The molecule has 0 bridgehead atoms. The van der Waals surface area contributed by atoms with Gasteiger partial charge in [-0.3, -0.25) is 9.52 Å². The molecule has 1 heterocycles. The fourth-order valence-corrected chi connectivity index (χ4v) is 4.46. The van der Waals surface area contributed by atoms with Gasteiger partial charge in [0.2, 0.25) is 0 Å². The van der Waals surface area contributed by atoms with Gasteiger partial charge in [0, 0.05) is 11.4 Å². The smallest absolute Gasteiger partial charge is 0.304 e. The number of nitrogen functional groups attached to an aromatic ring is 1. The van der Waals surface area contributed by atoms with Crippen molar-refractivity contribution in [1.29, 1.82) is 0 Å². The first-order valence-electron chi connectivity index (χ1n) is 7.94. The predicted octanol–water partition coefficient (Wildman–Crippen LogP) is 3.55. The molecule has 0 radical (unpaired) electrons. The molecule has 4 N–H and O–H groups in total. The number of rotatable bonds is 5. The molecular weight excluding hydrogens is 422 g/mol. The highest BCUT2D eigenvalue weighted by atomic mass is 35.5. The lowest BCUT2D eigenvalue weighted by Gasteiger charge is -2.10. The van der Waals surface area contributed by atoms with E-state index < -0.39 is 16.0 Å². The van der Waals surface area contributed by atoms with E-state index in [1.54, 1.807) is 6.07 Å². The summed E-state index contributed by atoms with van der Waals surface area (Å²) >= 11 is 7.18. The quantitative estimate of drug-likeness (QED) is 0.527. The summed E-state index contributed by atoms with van der Waals surface area (Å²) in [6.45, 7) is 0. The van der Waals surface area contributed by atoms with Gasteiger partial charge in [-0.2, -0.15) is 0 Å². The number of thiazole rings is 1.